The van der Waals surface area contributed by atoms with E-state index >= 15 is 0 Å². The molecule has 0 aliphatic rings. The summed E-state index contributed by atoms with van der Waals surface area (Å²) in [5.74, 6) is 0.0240. The van der Waals surface area contributed by atoms with Crippen LogP contribution in [0, 0.1) is 5.92 Å². The molecule has 0 aliphatic carbocycles. The number of aliphatic hydroxyl groups excluding tert-OH is 1. The molecule has 2 heteroatoms. The second-order valence-electron chi connectivity index (χ2n) is 2.65. The highest BCUT2D eigenvalue weighted by Gasteiger charge is 2.09. The number of hydrogen-bond acceptors (Lipinski definition) is 2. The van der Waals surface area contributed by atoms with Crippen LogP contribution in [0.2, 0.25) is 0 Å². The summed E-state index contributed by atoms with van der Waals surface area (Å²) < 4.78 is 0. The Hall–Kier alpha value is -0.370. The molecule has 0 amide bonds. The summed E-state index contributed by atoms with van der Waals surface area (Å²) in [6.07, 6.45) is 2.62. The average Bonchev–Trinajstić information content (AvgIpc) is 1.98. The first-order chi connectivity index (χ1) is 4.72. The maximum Gasteiger partial charge on any atom is 0.137 e. The lowest BCUT2D eigenvalue weighted by Crippen LogP contribution is -2.14. The van der Waals surface area contributed by atoms with Crippen LogP contribution >= 0.6 is 0 Å². The molecule has 60 valence electrons. The van der Waals surface area contributed by atoms with Crippen LogP contribution in [0.4, 0.5) is 0 Å². The van der Waals surface area contributed by atoms with Crippen LogP contribution in [0.15, 0.2) is 0 Å². The van der Waals surface area contributed by atoms with Gasteiger partial charge in [-0.05, 0) is 6.42 Å². The fraction of sp³-hybridized carbons (Fsp3) is 0.875. The lowest BCUT2D eigenvalue weighted by Gasteiger charge is -2.04. The largest absolute Gasteiger partial charge is 0.396 e. The lowest BCUT2D eigenvalue weighted by atomic mass is 10.0. The van der Waals surface area contributed by atoms with Gasteiger partial charge < -0.3 is 5.11 Å². The van der Waals surface area contributed by atoms with E-state index in [9.17, 15) is 4.79 Å². The minimum Gasteiger partial charge on any atom is -0.396 e. The smallest absolute Gasteiger partial charge is 0.137 e. The third-order valence-electron chi connectivity index (χ3n) is 1.60. The molecule has 1 N–H and O–H groups in total. The highest BCUT2D eigenvalue weighted by atomic mass is 16.3. The highest BCUT2D eigenvalue weighted by Crippen LogP contribution is 2.03. The van der Waals surface area contributed by atoms with Gasteiger partial charge in [-0.1, -0.05) is 20.3 Å². The summed E-state index contributed by atoms with van der Waals surface area (Å²) >= 11 is 0. The van der Waals surface area contributed by atoms with E-state index in [0.29, 0.717) is 6.42 Å². The van der Waals surface area contributed by atoms with Gasteiger partial charge in [0.25, 0.3) is 0 Å². The van der Waals surface area contributed by atoms with E-state index in [2.05, 4.69) is 6.92 Å². The number of unbranched alkanes of at least 4 members (excludes halogenated alkanes) is 1. The quantitative estimate of drug-likeness (QED) is 0.632. The van der Waals surface area contributed by atoms with Gasteiger partial charge in [-0.15, -0.1) is 0 Å². The summed E-state index contributed by atoms with van der Waals surface area (Å²) in [6.45, 7) is 3.80. The van der Waals surface area contributed by atoms with Gasteiger partial charge >= 0.3 is 0 Å². The number of carbonyl (C=O) groups excluding carboxylic acids is 1. The van der Waals surface area contributed by atoms with Crippen LogP contribution in [-0.4, -0.2) is 17.5 Å². The molecule has 0 heterocycles. The van der Waals surface area contributed by atoms with Gasteiger partial charge in [0.05, 0.1) is 6.61 Å². The first-order valence-electron chi connectivity index (χ1n) is 3.86. The van der Waals surface area contributed by atoms with E-state index in [4.69, 9.17) is 5.11 Å². The second kappa shape index (κ2) is 5.42. The monoisotopic (exact) mass is 144 g/mol. The first-order valence-corrected chi connectivity index (χ1v) is 3.86. The number of rotatable bonds is 5. The minimum absolute atomic E-state index is 0.0114. The van der Waals surface area contributed by atoms with Gasteiger partial charge in [-0.25, -0.2) is 0 Å². The number of ketones is 1. The van der Waals surface area contributed by atoms with Gasteiger partial charge in [-0.2, -0.15) is 0 Å². The molecule has 0 aliphatic heterocycles. The number of carbonyl (C=O) groups is 1. The van der Waals surface area contributed by atoms with Crippen LogP contribution in [0.5, 0.6) is 0 Å². The van der Waals surface area contributed by atoms with Crippen LogP contribution in [0.1, 0.15) is 33.1 Å². The minimum atomic E-state index is -0.161. The Balaban J connectivity index is 3.42. The Labute approximate surface area is 62.2 Å². The van der Waals surface area contributed by atoms with Crippen molar-refractivity contribution in [2.24, 2.45) is 5.92 Å². The van der Waals surface area contributed by atoms with Crippen molar-refractivity contribution in [3.8, 4) is 0 Å². The molecule has 1 atom stereocenters. The molecule has 0 aromatic rings. The highest BCUT2D eigenvalue weighted by molar-refractivity contribution is 5.80. The fourth-order valence-electron chi connectivity index (χ4n) is 0.699. The summed E-state index contributed by atoms with van der Waals surface area (Å²) in [5.41, 5.74) is 0. The summed E-state index contributed by atoms with van der Waals surface area (Å²) in [4.78, 5) is 11.0. The van der Waals surface area contributed by atoms with Gasteiger partial charge in [0.1, 0.15) is 5.78 Å². The third kappa shape index (κ3) is 3.62. The van der Waals surface area contributed by atoms with Crippen molar-refractivity contribution in [2.45, 2.75) is 33.1 Å². The first kappa shape index (κ1) is 9.63. The average molecular weight is 144 g/mol. The number of Topliss-reactive ketones (excluding diaryl/α,β-unsaturated/α-hetero) is 1. The molecule has 10 heavy (non-hydrogen) atoms. The van der Waals surface area contributed by atoms with Crippen LogP contribution in [0.25, 0.3) is 0 Å². The van der Waals surface area contributed by atoms with Gasteiger partial charge in [0.2, 0.25) is 0 Å². The third-order valence-corrected chi connectivity index (χ3v) is 1.60. The van der Waals surface area contributed by atoms with E-state index in [1.165, 1.54) is 0 Å². The van der Waals surface area contributed by atoms with Crippen molar-refractivity contribution in [3.63, 3.8) is 0 Å². The fourth-order valence-corrected chi connectivity index (χ4v) is 0.699. The van der Waals surface area contributed by atoms with Crippen molar-refractivity contribution in [2.75, 3.05) is 6.61 Å². The van der Waals surface area contributed by atoms with Crippen molar-refractivity contribution < 1.29 is 9.90 Å². The SMILES string of the molecule is CCCCC(=O)C(C)CO. The van der Waals surface area contributed by atoms with Crippen molar-refractivity contribution in [3.05, 3.63) is 0 Å². The zero-order chi connectivity index (χ0) is 7.98. The number of hydrogen-bond donors (Lipinski definition) is 1. The van der Waals surface area contributed by atoms with E-state index in [0.717, 1.165) is 12.8 Å². The molecule has 0 saturated carbocycles. The predicted octanol–water partition coefficient (Wildman–Crippen LogP) is 1.37. The molecular weight excluding hydrogens is 128 g/mol. The summed E-state index contributed by atoms with van der Waals surface area (Å²) in [5, 5.41) is 8.58. The van der Waals surface area contributed by atoms with Gasteiger partial charge in [0.15, 0.2) is 0 Å². The summed E-state index contributed by atoms with van der Waals surface area (Å²) in [6, 6.07) is 0. The molecule has 0 rings (SSSR count). The molecule has 0 saturated heterocycles. The molecular formula is C8H16O2. The topological polar surface area (TPSA) is 37.3 Å². The standard InChI is InChI=1S/C8H16O2/c1-3-4-5-8(10)7(2)6-9/h7,9H,3-6H2,1-2H3. The van der Waals surface area contributed by atoms with E-state index in [1.54, 1.807) is 6.92 Å². The Kier molecular flexibility index (Phi) is 5.22. The molecule has 2 nitrogen and oxygen atoms in total. The van der Waals surface area contributed by atoms with E-state index in [1.807, 2.05) is 0 Å². The Morgan fingerprint density at radius 3 is 2.60 bits per heavy atom. The Bertz CT molecular complexity index is 99.4. The lowest BCUT2D eigenvalue weighted by molar-refractivity contribution is -0.123. The van der Waals surface area contributed by atoms with Gasteiger partial charge in [-0.3, -0.25) is 4.79 Å². The maximum atomic E-state index is 11.0. The maximum absolute atomic E-state index is 11.0. The summed E-state index contributed by atoms with van der Waals surface area (Å²) in [7, 11) is 0. The van der Waals surface area contributed by atoms with E-state index < -0.39 is 0 Å². The molecule has 0 bridgehead atoms. The molecule has 1 unspecified atom stereocenters. The van der Waals surface area contributed by atoms with Crippen molar-refractivity contribution in [1.29, 1.82) is 0 Å². The zero-order valence-corrected chi connectivity index (χ0v) is 6.76. The molecule has 0 spiro atoms. The Morgan fingerprint density at radius 1 is 1.60 bits per heavy atom. The molecule has 0 radical (unpaired) electrons. The second-order valence-corrected chi connectivity index (χ2v) is 2.65. The van der Waals surface area contributed by atoms with E-state index in [-0.39, 0.29) is 18.3 Å². The van der Waals surface area contributed by atoms with Crippen molar-refractivity contribution in [1.82, 2.24) is 0 Å². The molecule has 0 aromatic heterocycles. The number of aliphatic hydroxyl groups is 1. The van der Waals surface area contributed by atoms with Crippen molar-refractivity contribution >= 4 is 5.78 Å². The normalized spacial score (nSPS) is 13.1. The molecule has 0 aromatic carbocycles. The predicted molar refractivity (Wildman–Crippen MR) is 40.8 cm³/mol. The van der Waals surface area contributed by atoms with Crippen LogP contribution in [-0.2, 0) is 4.79 Å². The van der Waals surface area contributed by atoms with Crippen LogP contribution < -0.4 is 0 Å². The van der Waals surface area contributed by atoms with Crippen LogP contribution in [0.3, 0.4) is 0 Å². The Morgan fingerprint density at radius 2 is 2.20 bits per heavy atom. The molecule has 0 fully saturated rings. The van der Waals surface area contributed by atoms with Gasteiger partial charge in [0, 0.05) is 12.3 Å². The zero-order valence-electron chi connectivity index (χ0n) is 6.76.